The summed E-state index contributed by atoms with van der Waals surface area (Å²) < 4.78 is 27.2. The van der Waals surface area contributed by atoms with E-state index < -0.39 is 10.0 Å². The number of nitrogen functional groups attached to an aromatic ring is 1. The molecule has 0 fully saturated rings. The molecule has 1 aromatic rings. The molecule has 0 unspecified atom stereocenters. The summed E-state index contributed by atoms with van der Waals surface area (Å²) in [5.74, 6) is 0. The summed E-state index contributed by atoms with van der Waals surface area (Å²) in [6.45, 7) is 2.22. The number of benzene rings is 1. The average molecular weight is 294 g/mol. The van der Waals surface area contributed by atoms with Gasteiger partial charge in [0.1, 0.15) is 0 Å². The van der Waals surface area contributed by atoms with Gasteiger partial charge >= 0.3 is 0 Å². The van der Waals surface area contributed by atoms with Crippen LogP contribution in [0.5, 0.6) is 0 Å². The number of aryl methyl sites for hydroxylation is 1. The van der Waals surface area contributed by atoms with Crippen LogP contribution in [0.25, 0.3) is 0 Å². The zero-order valence-corrected chi connectivity index (χ0v) is 12.7. The molecule has 1 aromatic carbocycles. The fourth-order valence-corrected chi connectivity index (χ4v) is 3.77. The van der Waals surface area contributed by atoms with Gasteiger partial charge in [-0.2, -0.15) is 0 Å². The maximum atomic E-state index is 12.3. The van der Waals surface area contributed by atoms with Gasteiger partial charge in [0.05, 0.1) is 4.90 Å². The van der Waals surface area contributed by atoms with Crippen LogP contribution >= 0.6 is 0 Å². The van der Waals surface area contributed by atoms with Crippen LogP contribution in [0.4, 0.5) is 5.69 Å². The van der Waals surface area contributed by atoms with Crippen molar-refractivity contribution in [3.05, 3.63) is 35.4 Å². The Hall–Kier alpha value is -1.33. The van der Waals surface area contributed by atoms with Gasteiger partial charge in [0, 0.05) is 12.2 Å². The lowest BCUT2D eigenvalue weighted by molar-refractivity contribution is 0.579. The van der Waals surface area contributed by atoms with Gasteiger partial charge in [-0.05, 0) is 56.7 Å². The molecule has 4 nitrogen and oxygen atoms in total. The third-order valence-electron chi connectivity index (χ3n) is 3.62. The maximum absolute atomic E-state index is 12.3. The van der Waals surface area contributed by atoms with Gasteiger partial charge in [0.15, 0.2) is 0 Å². The first-order chi connectivity index (χ1) is 9.49. The van der Waals surface area contributed by atoms with Gasteiger partial charge < -0.3 is 5.73 Å². The molecule has 20 heavy (non-hydrogen) atoms. The Kier molecular flexibility index (Phi) is 4.83. The number of nitrogens with one attached hydrogen (secondary N) is 1. The highest BCUT2D eigenvalue weighted by atomic mass is 32.2. The molecule has 0 amide bonds. The highest BCUT2D eigenvalue weighted by Gasteiger charge is 2.16. The number of allylic oxidation sites excluding steroid dienone is 1. The summed E-state index contributed by atoms with van der Waals surface area (Å²) in [6, 6.07) is 4.95. The molecule has 0 spiro atoms. The predicted molar refractivity (Wildman–Crippen MR) is 81.9 cm³/mol. The highest BCUT2D eigenvalue weighted by molar-refractivity contribution is 7.89. The minimum atomic E-state index is -3.47. The van der Waals surface area contributed by atoms with Crippen molar-refractivity contribution < 1.29 is 8.42 Å². The summed E-state index contributed by atoms with van der Waals surface area (Å²) in [7, 11) is -3.47. The van der Waals surface area contributed by atoms with Crippen LogP contribution in [0.15, 0.2) is 34.7 Å². The fourth-order valence-electron chi connectivity index (χ4n) is 2.46. The van der Waals surface area contributed by atoms with Crippen molar-refractivity contribution in [3.8, 4) is 0 Å². The molecule has 2 rings (SSSR count). The molecular weight excluding hydrogens is 272 g/mol. The molecule has 0 heterocycles. The van der Waals surface area contributed by atoms with Crippen LogP contribution in [0.3, 0.4) is 0 Å². The highest BCUT2D eigenvalue weighted by Crippen LogP contribution is 2.21. The second-order valence-electron chi connectivity index (χ2n) is 5.28. The SMILES string of the molecule is Cc1ccc(N)cc1S(=O)(=O)NCCC1=CCCCC1. The monoisotopic (exact) mass is 294 g/mol. The number of nitrogens with two attached hydrogens (primary N) is 1. The normalized spacial score (nSPS) is 15.9. The Labute approximate surface area is 121 Å². The van der Waals surface area contributed by atoms with Crippen molar-refractivity contribution in [2.45, 2.75) is 43.9 Å². The standard InChI is InChI=1S/C15H22N2O2S/c1-12-7-8-14(16)11-15(12)20(18,19)17-10-9-13-5-3-2-4-6-13/h5,7-8,11,17H,2-4,6,9-10,16H2,1H3. The molecule has 5 heteroatoms. The van der Waals surface area contributed by atoms with Gasteiger partial charge in [-0.15, -0.1) is 0 Å². The summed E-state index contributed by atoms with van der Waals surface area (Å²) in [5, 5.41) is 0. The van der Waals surface area contributed by atoms with E-state index in [-0.39, 0.29) is 4.90 Å². The Morgan fingerprint density at radius 1 is 1.30 bits per heavy atom. The second kappa shape index (κ2) is 6.41. The van der Waals surface area contributed by atoms with Crippen LogP contribution in [0.1, 0.15) is 37.7 Å². The lowest BCUT2D eigenvalue weighted by Gasteiger charge is -2.14. The maximum Gasteiger partial charge on any atom is 0.240 e. The first-order valence-corrected chi connectivity index (χ1v) is 8.51. The zero-order valence-electron chi connectivity index (χ0n) is 11.9. The average Bonchev–Trinajstić information content (AvgIpc) is 2.42. The molecule has 1 aliphatic rings. The van der Waals surface area contributed by atoms with E-state index in [4.69, 9.17) is 5.73 Å². The molecule has 1 aliphatic carbocycles. The van der Waals surface area contributed by atoms with Crippen molar-refractivity contribution in [1.29, 1.82) is 0 Å². The van der Waals surface area contributed by atoms with E-state index in [0.29, 0.717) is 17.8 Å². The van der Waals surface area contributed by atoms with Crippen molar-refractivity contribution >= 4 is 15.7 Å². The minimum Gasteiger partial charge on any atom is -0.399 e. The van der Waals surface area contributed by atoms with Gasteiger partial charge in [-0.1, -0.05) is 17.7 Å². The first-order valence-electron chi connectivity index (χ1n) is 7.03. The van der Waals surface area contributed by atoms with E-state index >= 15 is 0 Å². The molecule has 0 bridgehead atoms. The van der Waals surface area contributed by atoms with Crippen LogP contribution in [-0.2, 0) is 10.0 Å². The summed E-state index contributed by atoms with van der Waals surface area (Å²) in [5.41, 5.74) is 8.21. The first kappa shape index (κ1) is 15.1. The van der Waals surface area contributed by atoms with Crippen molar-refractivity contribution in [2.75, 3.05) is 12.3 Å². The molecule has 0 saturated carbocycles. The third-order valence-corrected chi connectivity index (χ3v) is 5.23. The Bertz CT molecular complexity index is 606. The third kappa shape index (κ3) is 3.84. The van der Waals surface area contributed by atoms with E-state index in [0.717, 1.165) is 19.3 Å². The molecule has 0 radical (unpaired) electrons. The molecule has 110 valence electrons. The summed E-state index contributed by atoms with van der Waals surface area (Å²) >= 11 is 0. The molecular formula is C15H22N2O2S. The van der Waals surface area contributed by atoms with E-state index in [1.165, 1.54) is 24.5 Å². The molecule has 0 saturated heterocycles. The Morgan fingerprint density at radius 3 is 2.80 bits per heavy atom. The number of anilines is 1. The topological polar surface area (TPSA) is 72.2 Å². The fraction of sp³-hybridized carbons (Fsp3) is 0.467. The van der Waals surface area contributed by atoms with Crippen molar-refractivity contribution in [1.82, 2.24) is 4.72 Å². The van der Waals surface area contributed by atoms with Crippen LogP contribution in [0, 0.1) is 6.92 Å². The van der Waals surface area contributed by atoms with Gasteiger partial charge in [-0.25, -0.2) is 13.1 Å². The number of sulfonamides is 1. The largest absolute Gasteiger partial charge is 0.399 e. The number of rotatable bonds is 5. The number of hydrogen-bond donors (Lipinski definition) is 2. The second-order valence-corrected chi connectivity index (χ2v) is 7.02. The molecule has 3 N–H and O–H groups in total. The summed E-state index contributed by atoms with van der Waals surface area (Å²) in [6.07, 6.45) is 7.71. The molecule has 0 aliphatic heterocycles. The van der Waals surface area contributed by atoms with E-state index in [1.54, 1.807) is 19.1 Å². The predicted octanol–water partition coefficient (Wildman–Crippen LogP) is 2.75. The van der Waals surface area contributed by atoms with Gasteiger partial charge in [0.25, 0.3) is 0 Å². The van der Waals surface area contributed by atoms with Gasteiger partial charge in [0.2, 0.25) is 10.0 Å². The van der Waals surface area contributed by atoms with E-state index in [2.05, 4.69) is 10.8 Å². The van der Waals surface area contributed by atoms with E-state index in [9.17, 15) is 8.42 Å². The smallest absolute Gasteiger partial charge is 0.240 e. The molecule has 0 aromatic heterocycles. The number of hydrogen-bond acceptors (Lipinski definition) is 3. The zero-order chi connectivity index (χ0) is 14.6. The molecule has 0 atom stereocenters. The van der Waals surface area contributed by atoms with Crippen LogP contribution < -0.4 is 10.5 Å². The minimum absolute atomic E-state index is 0.273. The Morgan fingerprint density at radius 2 is 2.10 bits per heavy atom. The Balaban J connectivity index is 2.00. The van der Waals surface area contributed by atoms with Crippen LogP contribution in [0.2, 0.25) is 0 Å². The van der Waals surface area contributed by atoms with Crippen LogP contribution in [-0.4, -0.2) is 15.0 Å². The lowest BCUT2D eigenvalue weighted by atomic mass is 9.97. The van der Waals surface area contributed by atoms with Gasteiger partial charge in [-0.3, -0.25) is 0 Å². The lowest BCUT2D eigenvalue weighted by Crippen LogP contribution is -2.26. The van der Waals surface area contributed by atoms with Crippen molar-refractivity contribution in [2.24, 2.45) is 0 Å². The van der Waals surface area contributed by atoms with Crippen molar-refractivity contribution in [3.63, 3.8) is 0 Å². The van der Waals surface area contributed by atoms with E-state index in [1.807, 2.05) is 0 Å². The quantitative estimate of drug-likeness (QED) is 0.648. The summed E-state index contributed by atoms with van der Waals surface area (Å²) in [4.78, 5) is 0.273.